The first-order valence-electron chi connectivity index (χ1n) is 5.06. The first-order valence-corrected chi connectivity index (χ1v) is 6.14. The number of ether oxygens (including phenoxy) is 1. The van der Waals surface area contributed by atoms with Gasteiger partial charge in [0.05, 0.1) is 6.07 Å². The monoisotopic (exact) mass is 326 g/mol. The lowest BCUT2D eigenvalue weighted by molar-refractivity contribution is -0.688. The number of halogens is 1. The molecule has 82 valence electrons. The lowest BCUT2D eigenvalue weighted by Gasteiger charge is -2.06. The third-order valence-electron chi connectivity index (χ3n) is 2.43. The van der Waals surface area contributed by atoms with Crippen molar-refractivity contribution in [3.05, 3.63) is 51.7 Å². The number of benzene rings is 1. The molecule has 0 saturated heterocycles. The zero-order valence-corrected chi connectivity index (χ0v) is 11.4. The number of nitrogens with zero attached hydrogens (tertiary/aromatic N) is 1. The van der Waals surface area contributed by atoms with E-state index in [2.05, 4.69) is 22.6 Å². The quantitative estimate of drug-likeness (QED) is 0.469. The van der Waals surface area contributed by atoms with E-state index in [1.54, 1.807) is 0 Å². The molecule has 1 heterocycles. The fourth-order valence-corrected chi connectivity index (χ4v) is 1.87. The first-order chi connectivity index (χ1) is 7.68. The number of para-hydroxylation sites is 1. The molecule has 2 rings (SSSR count). The topological polar surface area (TPSA) is 13.1 Å². The minimum absolute atomic E-state index is 0.848. The number of hydrogen-bond acceptors (Lipinski definition) is 1. The summed E-state index contributed by atoms with van der Waals surface area (Å²) in [6, 6.07) is 14.0. The molecule has 0 amide bonds. The van der Waals surface area contributed by atoms with E-state index in [0.717, 1.165) is 20.9 Å². The highest BCUT2D eigenvalue weighted by molar-refractivity contribution is 14.1. The van der Waals surface area contributed by atoms with Gasteiger partial charge in [0.25, 0.3) is 0 Å². The maximum Gasteiger partial charge on any atom is 0.373 e. The number of aryl methyl sites for hydroxylation is 1. The van der Waals surface area contributed by atoms with Crippen LogP contribution in [0, 0.1) is 10.6 Å². The summed E-state index contributed by atoms with van der Waals surface area (Å²) in [4.78, 5) is 0. The average Bonchev–Trinajstić information content (AvgIpc) is 2.28. The minimum atomic E-state index is 0.848. The summed E-state index contributed by atoms with van der Waals surface area (Å²) < 4.78 is 9.04. The van der Waals surface area contributed by atoms with Crippen LogP contribution in [-0.2, 0) is 7.05 Å². The van der Waals surface area contributed by atoms with Crippen LogP contribution in [0.25, 0.3) is 0 Å². The molecule has 0 bridgehead atoms. The highest BCUT2D eigenvalue weighted by Crippen LogP contribution is 2.22. The summed E-state index contributed by atoms with van der Waals surface area (Å²) in [5, 5.41) is 0. The normalized spacial score (nSPS) is 10.2. The standard InChI is InChI=1S/C13H13INO/c1-10-6-3-4-7-11(10)16-13-9-5-8-12(14)15(13)2/h3-9H,1-2H3/q+1. The molecule has 0 fully saturated rings. The molecule has 1 aromatic carbocycles. The lowest BCUT2D eigenvalue weighted by atomic mass is 10.2. The molecular weight excluding hydrogens is 313 g/mol. The second-order valence-electron chi connectivity index (χ2n) is 3.61. The summed E-state index contributed by atoms with van der Waals surface area (Å²) in [6.07, 6.45) is 0. The van der Waals surface area contributed by atoms with Gasteiger partial charge in [0.15, 0.2) is 0 Å². The second-order valence-corrected chi connectivity index (χ2v) is 4.72. The van der Waals surface area contributed by atoms with Gasteiger partial charge in [-0.1, -0.05) is 18.2 Å². The van der Waals surface area contributed by atoms with Gasteiger partial charge in [0.2, 0.25) is 3.70 Å². The Labute approximate surface area is 109 Å². The van der Waals surface area contributed by atoms with E-state index in [1.807, 2.05) is 61.0 Å². The molecule has 0 aliphatic carbocycles. The van der Waals surface area contributed by atoms with E-state index in [1.165, 1.54) is 0 Å². The van der Waals surface area contributed by atoms with Crippen molar-refractivity contribution in [2.45, 2.75) is 6.92 Å². The summed E-state index contributed by atoms with van der Waals surface area (Å²) in [6.45, 7) is 2.04. The number of rotatable bonds is 2. The van der Waals surface area contributed by atoms with Crippen LogP contribution >= 0.6 is 22.6 Å². The summed E-state index contributed by atoms with van der Waals surface area (Å²) in [5.41, 5.74) is 1.14. The zero-order chi connectivity index (χ0) is 11.5. The van der Waals surface area contributed by atoms with E-state index in [4.69, 9.17) is 4.74 Å². The molecule has 0 radical (unpaired) electrons. The van der Waals surface area contributed by atoms with Crippen LogP contribution in [0.4, 0.5) is 0 Å². The third kappa shape index (κ3) is 2.35. The van der Waals surface area contributed by atoms with Crippen LogP contribution in [0.5, 0.6) is 11.6 Å². The Morgan fingerprint density at radius 1 is 1.06 bits per heavy atom. The minimum Gasteiger partial charge on any atom is -0.405 e. The molecule has 0 spiro atoms. The molecular formula is C13H13INO+. The maximum atomic E-state index is 5.88. The van der Waals surface area contributed by atoms with E-state index in [-0.39, 0.29) is 0 Å². The molecule has 0 unspecified atom stereocenters. The molecule has 2 nitrogen and oxygen atoms in total. The Hall–Kier alpha value is -1.10. The molecule has 0 aliphatic heterocycles. The van der Waals surface area contributed by atoms with E-state index < -0.39 is 0 Å². The van der Waals surface area contributed by atoms with Crippen molar-refractivity contribution in [1.82, 2.24) is 0 Å². The Balaban J connectivity index is 2.35. The molecule has 1 aromatic heterocycles. The van der Waals surface area contributed by atoms with Crippen molar-refractivity contribution < 1.29 is 9.30 Å². The van der Waals surface area contributed by atoms with Crippen LogP contribution in [0.1, 0.15) is 5.56 Å². The molecule has 2 aromatic rings. The average molecular weight is 326 g/mol. The van der Waals surface area contributed by atoms with Crippen molar-refractivity contribution in [1.29, 1.82) is 0 Å². The second kappa shape index (κ2) is 4.82. The predicted octanol–water partition coefficient (Wildman–Crippen LogP) is 3.22. The molecule has 16 heavy (non-hydrogen) atoms. The smallest absolute Gasteiger partial charge is 0.373 e. The van der Waals surface area contributed by atoms with E-state index >= 15 is 0 Å². The van der Waals surface area contributed by atoms with Gasteiger partial charge in [-0.05, 0) is 24.6 Å². The lowest BCUT2D eigenvalue weighted by Crippen LogP contribution is -2.33. The number of aromatic nitrogens is 1. The SMILES string of the molecule is Cc1ccccc1Oc1cccc(I)[n+]1C. The van der Waals surface area contributed by atoms with Gasteiger partial charge < -0.3 is 4.74 Å². The third-order valence-corrected chi connectivity index (χ3v) is 3.51. The van der Waals surface area contributed by atoms with Crippen molar-refractivity contribution in [3.63, 3.8) is 0 Å². The molecule has 3 heteroatoms. The van der Waals surface area contributed by atoms with Crippen LogP contribution in [-0.4, -0.2) is 0 Å². The van der Waals surface area contributed by atoms with Crippen molar-refractivity contribution >= 4 is 22.6 Å². The molecule has 0 atom stereocenters. The largest absolute Gasteiger partial charge is 0.405 e. The number of hydrogen-bond donors (Lipinski definition) is 0. The van der Waals surface area contributed by atoms with Gasteiger partial charge in [-0.15, -0.1) is 0 Å². The Morgan fingerprint density at radius 3 is 2.56 bits per heavy atom. The van der Waals surface area contributed by atoms with Gasteiger partial charge >= 0.3 is 5.88 Å². The first kappa shape index (κ1) is 11.4. The van der Waals surface area contributed by atoms with E-state index in [9.17, 15) is 0 Å². The Morgan fingerprint density at radius 2 is 1.81 bits per heavy atom. The van der Waals surface area contributed by atoms with Crippen molar-refractivity contribution in [2.24, 2.45) is 7.05 Å². The Kier molecular flexibility index (Phi) is 3.43. The van der Waals surface area contributed by atoms with Crippen LogP contribution in [0.15, 0.2) is 42.5 Å². The van der Waals surface area contributed by atoms with Gasteiger partial charge in [-0.25, -0.2) is 0 Å². The molecule has 0 saturated carbocycles. The van der Waals surface area contributed by atoms with Crippen molar-refractivity contribution in [2.75, 3.05) is 0 Å². The van der Waals surface area contributed by atoms with Crippen LogP contribution < -0.4 is 9.30 Å². The highest BCUT2D eigenvalue weighted by Gasteiger charge is 2.12. The summed E-state index contributed by atoms with van der Waals surface area (Å²) in [5.74, 6) is 1.75. The Bertz CT molecular complexity index is 511. The number of pyridine rings is 1. The van der Waals surface area contributed by atoms with Gasteiger partial charge in [0.1, 0.15) is 12.8 Å². The van der Waals surface area contributed by atoms with Gasteiger partial charge in [0, 0.05) is 28.7 Å². The van der Waals surface area contributed by atoms with Crippen LogP contribution in [0.3, 0.4) is 0 Å². The zero-order valence-electron chi connectivity index (χ0n) is 9.27. The van der Waals surface area contributed by atoms with Gasteiger partial charge in [-0.2, -0.15) is 4.57 Å². The summed E-state index contributed by atoms with van der Waals surface area (Å²) in [7, 11) is 2.00. The fourth-order valence-electron chi connectivity index (χ4n) is 1.42. The molecule has 0 aliphatic rings. The summed E-state index contributed by atoms with van der Waals surface area (Å²) >= 11 is 2.28. The predicted molar refractivity (Wildman–Crippen MR) is 71.6 cm³/mol. The molecule has 0 N–H and O–H groups in total. The van der Waals surface area contributed by atoms with Crippen LogP contribution in [0.2, 0.25) is 0 Å². The fraction of sp³-hybridized carbons (Fsp3) is 0.154. The highest BCUT2D eigenvalue weighted by atomic mass is 127. The van der Waals surface area contributed by atoms with E-state index in [0.29, 0.717) is 0 Å². The maximum absolute atomic E-state index is 5.88. The van der Waals surface area contributed by atoms with Gasteiger partial charge in [-0.3, -0.25) is 0 Å². The van der Waals surface area contributed by atoms with Crippen molar-refractivity contribution in [3.8, 4) is 11.6 Å².